The lowest BCUT2D eigenvalue weighted by Crippen LogP contribution is -2.32. The average molecular weight is 292 g/mol. The zero-order valence-electron chi connectivity index (χ0n) is 11.5. The molecule has 0 radical (unpaired) electrons. The number of likely N-dealkylation sites (N-methyl/N-ethyl adjacent to an activating group) is 1. The average Bonchev–Trinajstić information content (AvgIpc) is 3.04. The van der Waals surface area contributed by atoms with E-state index in [1.165, 1.54) is 12.8 Å². The molecule has 1 aromatic heterocycles. The Morgan fingerprint density at radius 1 is 1.35 bits per heavy atom. The van der Waals surface area contributed by atoms with Gasteiger partial charge in [0.25, 0.3) is 0 Å². The Bertz CT molecular complexity index is 650. The molecule has 20 heavy (non-hydrogen) atoms. The van der Waals surface area contributed by atoms with Crippen molar-refractivity contribution in [1.82, 2.24) is 14.9 Å². The normalized spacial score (nSPS) is 26.5. The highest BCUT2D eigenvalue weighted by atomic mass is 35.5. The summed E-state index contributed by atoms with van der Waals surface area (Å²) in [6.45, 7) is 1.49. The van der Waals surface area contributed by atoms with Crippen LogP contribution in [0.1, 0.15) is 30.6 Å². The molecule has 0 bridgehead atoms. The molecule has 2 aliphatic rings. The minimum Gasteiger partial charge on any atom is -0.379 e. The first-order valence-electron chi connectivity index (χ1n) is 7.21. The maximum Gasteiger partial charge on any atom is 0.117 e. The van der Waals surface area contributed by atoms with Crippen molar-refractivity contribution in [3.05, 3.63) is 29.0 Å². The maximum absolute atomic E-state index is 6.42. The number of rotatable bonds is 3. The summed E-state index contributed by atoms with van der Waals surface area (Å²) in [5.41, 5.74) is 2.09. The minimum absolute atomic E-state index is 0.309. The van der Waals surface area contributed by atoms with Crippen LogP contribution in [0.5, 0.6) is 0 Å². The molecule has 1 aliphatic carbocycles. The summed E-state index contributed by atoms with van der Waals surface area (Å²) in [6.07, 6.45) is 2.45. The molecule has 2 heterocycles. The maximum atomic E-state index is 6.42. The van der Waals surface area contributed by atoms with Gasteiger partial charge < -0.3 is 14.6 Å². The molecule has 2 atom stereocenters. The fourth-order valence-corrected chi connectivity index (χ4v) is 3.44. The van der Waals surface area contributed by atoms with Crippen LogP contribution in [-0.2, 0) is 4.74 Å². The van der Waals surface area contributed by atoms with Crippen LogP contribution in [-0.4, -0.2) is 35.9 Å². The second kappa shape index (κ2) is 4.72. The number of hydrogen-bond donors (Lipinski definition) is 1. The molecule has 1 aromatic carbocycles. The molecule has 2 fully saturated rings. The largest absolute Gasteiger partial charge is 0.379 e. The number of nitrogens with one attached hydrogen (secondary N) is 1. The zero-order valence-corrected chi connectivity index (χ0v) is 12.2. The number of ether oxygens (including phenoxy) is 1. The first-order chi connectivity index (χ1) is 9.79. The van der Waals surface area contributed by atoms with E-state index in [1.54, 1.807) is 0 Å². The first-order valence-corrected chi connectivity index (χ1v) is 7.58. The summed E-state index contributed by atoms with van der Waals surface area (Å²) in [4.78, 5) is 4.87. The smallest absolute Gasteiger partial charge is 0.117 e. The quantitative estimate of drug-likeness (QED) is 0.945. The first kappa shape index (κ1) is 12.6. The highest BCUT2D eigenvalue weighted by Gasteiger charge is 2.37. The SMILES string of the molecule is CNC1COCC1c1nc2cccc(Cl)c2n1C1CC1. The van der Waals surface area contributed by atoms with E-state index in [4.69, 9.17) is 21.3 Å². The molecule has 0 amide bonds. The second-order valence-corrected chi connectivity index (χ2v) is 6.13. The van der Waals surface area contributed by atoms with Gasteiger partial charge in [-0.2, -0.15) is 0 Å². The van der Waals surface area contributed by atoms with Crippen molar-refractivity contribution in [2.45, 2.75) is 30.8 Å². The van der Waals surface area contributed by atoms with Gasteiger partial charge in [0.2, 0.25) is 0 Å². The summed E-state index contributed by atoms with van der Waals surface area (Å²) >= 11 is 6.42. The van der Waals surface area contributed by atoms with Gasteiger partial charge in [0, 0.05) is 12.1 Å². The van der Waals surface area contributed by atoms with Crippen molar-refractivity contribution in [2.75, 3.05) is 20.3 Å². The number of halogens is 1. The molecule has 0 spiro atoms. The van der Waals surface area contributed by atoms with Gasteiger partial charge in [-0.05, 0) is 32.0 Å². The molecule has 2 unspecified atom stereocenters. The molecule has 1 saturated carbocycles. The van der Waals surface area contributed by atoms with E-state index in [0.717, 1.165) is 35.1 Å². The van der Waals surface area contributed by atoms with Crippen LogP contribution in [0.15, 0.2) is 18.2 Å². The highest BCUT2D eigenvalue weighted by Crippen LogP contribution is 2.42. The lowest BCUT2D eigenvalue weighted by atomic mass is 10.0. The van der Waals surface area contributed by atoms with Crippen LogP contribution < -0.4 is 5.32 Å². The van der Waals surface area contributed by atoms with Gasteiger partial charge in [0.05, 0.1) is 35.2 Å². The molecule has 1 aliphatic heterocycles. The van der Waals surface area contributed by atoms with Crippen molar-refractivity contribution in [3.63, 3.8) is 0 Å². The lowest BCUT2D eigenvalue weighted by molar-refractivity contribution is 0.187. The number of para-hydroxylation sites is 1. The van der Waals surface area contributed by atoms with E-state index < -0.39 is 0 Å². The van der Waals surface area contributed by atoms with Gasteiger partial charge in [0.1, 0.15) is 5.82 Å². The van der Waals surface area contributed by atoms with Gasteiger partial charge in [0.15, 0.2) is 0 Å². The van der Waals surface area contributed by atoms with E-state index in [2.05, 4.69) is 9.88 Å². The second-order valence-electron chi connectivity index (χ2n) is 5.72. The van der Waals surface area contributed by atoms with E-state index in [-0.39, 0.29) is 0 Å². The van der Waals surface area contributed by atoms with Gasteiger partial charge in [-0.15, -0.1) is 0 Å². The van der Waals surface area contributed by atoms with Crippen molar-refractivity contribution >= 4 is 22.6 Å². The van der Waals surface area contributed by atoms with Crippen LogP contribution in [0.3, 0.4) is 0 Å². The fraction of sp³-hybridized carbons (Fsp3) is 0.533. The van der Waals surface area contributed by atoms with Gasteiger partial charge in [-0.25, -0.2) is 4.98 Å². The van der Waals surface area contributed by atoms with E-state index in [9.17, 15) is 0 Å². The topological polar surface area (TPSA) is 39.1 Å². The monoisotopic (exact) mass is 291 g/mol. The Balaban J connectivity index is 1.90. The van der Waals surface area contributed by atoms with Crippen LogP contribution in [0.4, 0.5) is 0 Å². The third kappa shape index (κ3) is 1.86. The third-order valence-electron chi connectivity index (χ3n) is 4.38. The number of aromatic nitrogens is 2. The lowest BCUT2D eigenvalue weighted by Gasteiger charge is -2.18. The molecule has 1 saturated heterocycles. The molecular formula is C15H18ClN3O. The minimum atomic E-state index is 0.309. The van der Waals surface area contributed by atoms with Crippen molar-refractivity contribution < 1.29 is 4.74 Å². The fourth-order valence-electron chi connectivity index (χ4n) is 3.18. The van der Waals surface area contributed by atoms with Crippen LogP contribution in [0.2, 0.25) is 5.02 Å². The number of nitrogens with zero attached hydrogens (tertiary/aromatic N) is 2. The predicted octanol–water partition coefficient (Wildman–Crippen LogP) is 2.73. The Labute approximate surface area is 123 Å². The molecule has 1 N–H and O–H groups in total. The molecular weight excluding hydrogens is 274 g/mol. The van der Waals surface area contributed by atoms with Crippen LogP contribution in [0.25, 0.3) is 11.0 Å². The molecule has 4 rings (SSSR count). The Kier molecular flexibility index (Phi) is 2.98. The molecule has 2 aromatic rings. The van der Waals surface area contributed by atoms with Crippen molar-refractivity contribution in [2.24, 2.45) is 0 Å². The summed E-state index contributed by atoms with van der Waals surface area (Å²) in [5, 5.41) is 4.15. The Hall–Kier alpha value is -1.10. The standard InChI is InChI=1S/C15H18ClN3O/c1-17-13-8-20-7-10(13)15-18-12-4-2-3-11(16)14(12)19(15)9-5-6-9/h2-4,9-10,13,17H,5-8H2,1H3. The van der Waals surface area contributed by atoms with E-state index in [1.807, 2.05) is 25.2 Å². The van der Waals surface area contributed by atoms with E-state index >= 15 is 0 Å². The van der Waals surface area contributed by atoms with Gasteiger partial charge >= 0.3 is 0 Å². The summed E-state index contributed by atoms with van der Waals surface area (Å²) in [5.74, 6) is 1.44. The van der Waals surface area contributed by atoms with Crippen molar-refractivity contribution in [3.8, 4) is 0 Å². The van der Waals surface area contributed by atoms with Crippen LogP contribution >= 0.6 is 11.6 Å². The summed E-state index contributed by atoms with van der Waals surface area (Å²) in [7, 11) is 1.99. The third-order valence-corrected chi connectivity index (χ3v) is 4.69. The number of hydrogen-bond acceptors (Lipinski definition) is 3. The Morgan fingerprint density at radius 3 is 2.95 bits per heavy atom. The van der Waals surface area contributed by atoms with Crippen LogP contribution in [0, 0.1) is 0 Å². The number of imidazole rings is 1. The zero-order chi connectivity index (χ0) is 13.7. The summed E-state index contributed by atoms with van der Waals surface area (Å²) < 4.78 is 8.01. The Morgan fingerprint density at radius 2 is 2.20 bits per heavy atom. The van der Waals surface area contributed by atoms with Gasteiger partial charge in [-0.1, -0.05) is 17.7 Å². The van der Waals surface area contributed by atoms with E-state index in [0.29, 0.717) is 18.0 Å². The predicted molar refractivity (Wildman–Crippen MR) is 79.4 cm³/mol. The summed E-state index contributed by atoms with van der Waals surface area (Å²) in [6, 6.07) is 6.87. The molecule has 5 heteroatoms. The number of fused-ring (bicyclic) bond motifs is 1. The number of benzene rings is 1. The molecule has 106 valence electrons. The molecule has 4 nitrogen and oxygen atoms in total. The van der Waals surface area contributed by atoms with Gasteiger partial charge in [-0.3, -0.25) is 0 Å². The van der Waals surface area contributed by atoms with Crippen molar-refractivity contribution in [1.29, 1.82) is 0 Å². The highest BCUT2D eigenvalue weighted by molar-refractivity contribution is 6.35.